The summed E-state index contributed by atoms with van der Waals surface area (Å²) in [6.45, 7) is 9.59. The third kappa shape index (κ3) is 2.76. The van der Waals surface area contributed by atoms with Gasteiger partial charge in [-0.05, 0) is 44.9 Å². The third-order valence-corrected chi connectivity index (χ3v) is 2.82. The van der Waals surface area contributed by atoms with Crippen molar-refractivity contribution in [1.82, 2.24) is 10.2 Å². The zero-order valence-electron chi connectivity index (χ0n) is 8.64. The van der Waals surface area contributed by atoms with Crippen LogP contribution in [0.2, 0.25) is 0 Å². The van der Waals surface area contributed by atoms with Crippen LogP contribution in [0, 0.1) is 11.8 Å². The van der Waals surface area contributed by atoms with Gasteiger partial charge in [0, 0.05) is 6.54 Å². The molecule has 72 valence electrons. The van der Waals surface area contributed by atoms with Crippen molar-refractivity contribution in [3.63, 3.8) is 0 Å². The molecule has 0 aromatic rings. The van der Waals surface area contributed by atoms with Gasteiger partial charge in [-0.2, -0.15) is 0 Å². The van der Waals surface area contributed by atoms with Crippen LogP contribution in [0.3, 0.4) is 0 Å². The summed E-state index contributed by atoms with van der Waals surface area (Å²) in [5, 5.41) is 3.33. The predicted molar refractivity (Wildman–Crippen MR) is 53.3 cm³/mol. The maximum absolute atomic E-state index is 3.33. The Labute approximate surface area is 76.3 Å². The number of nitrogens with zero attached hydrogens (tertiary/aromatic N) is 1. The molecule has 0 spiro atoms. The lowest BCUT2D eigenvalue weighted by atomic mass is 9.88. The number of rotatable bonds is 5. The first kappa shape index (κ1) is 10.0. The maximum atomic E-state index is 3.33. The second kappa shape index (κ2) is 4.83. The summed E-state index contributed by atoms with van der Waals surface area (Å²) in [5.41, 5.74) is 0. The molecule has 0 aliphatic carbocycles. The van der Waals surface area contributed by atoms with Crippen LogP contribution in [0.15, 0.2) is 0 Å². The van der Waals surface area contributed by atoms with E-state index in [0.717, 1.165) is 11.8 Å². The van der Waals surface area contributed by atoms with Crippen molar-refractivity contribution in [2.75, 3.05) is 33.2 Å². The standard InChI is InChI=1S/C10H22N2/c1-4-5-12(3)8-9(2)10-6-11-7-10/h9-11H,4-8H2,1-3H3. The highest BCUT2D eigenvalue weighted by molar-refractivity contribution is 4.80. The molecule has 12 heavy (non-hydrogen) atoms. The highest BCUT2D eigenvalue weighted by atomic mass is 15.1. The zero-order chi connectivity index (χ0) is 8.97. The van der Waals surface area contributed by atoms with Crippen molar-refractivity contribution in [1.29, 1.82) is 0 Å². The molecule has 1 fully saturated rings. The molecule has 0 aromatic carbocycles. The Bertz CT molecular complexity index is 121. The molecule has 2 nitrogen and oxygen atoms in total. The lowest BCUT2D eigenvalue weighted by molar-refractivity contribution is 0.186. The number of hydrogen-bond acceptors (Lipinski definition) is 2. The molecule has 1 atom stereocenters. The molecule has 1 unspecified atom stereocenters. The summed E-state index contributed by atoms with van der Waals surface area (Å²) < 4.78 is 0. The Morgan fingerprint density at radius 2 is 2.17 bits per heavy atom. The molecule has 0 radical (unpaired) electrons. The van der Waals surface area contributed by atoms with Gasteiger partial charge < -0.3 is 10.2 Å². The topological polar surface area (TPSA) is 15.3 Å². The lowest BCUT2D eigenvalue weighted by Gasteiger charge is -2.34. The fourth-order valence-electron chi connectivity index (χ4n) is 1.83. The second-order valence-corrected chi connectivity index (χ2v) is 4.16. The van der Waals surface area contributed by atoms with Gasteiger partial charge in [0.2, 0.25) is 0 Å². The molecular weight excluding hydrogens is 148 g/mol. The Hall–Kier alpha value is -0.0800. The van der Waals surface area contributed by atoms with Crippen molar-refractivity contribution < 1.29 is 0 Å². The van der Waals surface area contributed by atoms with E-state index in [4.69, 9.17) is 0 Å². The molecule has 0 aromatic heterocycles. The van der Waals surface area contributed by atoms with Gasteiger partial charge in [-0.1, -0.05) is 13.8 Å². The minimum atomic E-state index is 0.864. The fraction of sp³-hybridized carbons (Fsp3) is 1.00. The molecular formula is C10H22N2. The summed E-state index contributed by atoms with van der Waals surface area (Å²) in [6.07, 6.45) is 1.27. The summed E-state index contributed by atoms with van der Waals surface area (Å²) in [5.74, 6) is 1.80. The summed E-state index contributed by atoms with van der Waals surface area (Å²) >= 11 is 0. The van der Waals surface area contributed by atoms with Gasteiger partial charge >= 0.3 is 0 Å². The smallest absolute Gasteiger partial charge is 0.000757 e. The van der Waals surface area contributed by atoms with E-state index >= 15 is 0 Å². The van der Waals surface area contributed by atoms with E-state index in [1.54, 1.807) is 0 Å². The number of hydrogen-bond donors (Lipinski definition) is 1. The average molecular weight is 170 g/mol. The van der Waals surface area contributed by atoms with Crippen molar-refractivity contribution in [2.45, 2.75) is 20.3 Å². The van der Waals surface area contributed by atoms with E-state index in [2.05, 4.69) is 31.1 Å². The minimum Gasteiger partial charge on any atom is -0.316 e. The summed E-state index contributed by atoms with van der Waals surface area (Å²) in [4.78, 5) is 2.45. The zero-order valence-corrected chi connectivity index (χ0v) is 8.64. The van der Waals surface area contributed by atoms with Crippen molar-refractivity contribution in [2.24, 2.45) is 11.8 Å². The van der Waals surface area contributed by atoms with Crippen LogP contribution in [-0.2, 0) is 0 Å². The Morgan fingerprint density at radius 1 is 1.50 bits per heavy atom. The predicted octanol–water partition coefficient (Wildman–Crippen LogP) is 1.18. The Balaban J connectivity index is 2.11. The molecule has 1 aliphatic heterocycles. The van der Waals surface area contributed by atoms with Crippen LogP contribution in [0.4, 0.5) is 0 Å². The van der Waals surface area contributed by atoms with Crippen LogP contribution in [-0.4, -0.2) is 38.1 Å². The maximum Gasteiger partial charge on any atom is 0.000757 e. The van der Waals surface area contributed by atoms with Crippen LogP contribution in [0.5, 0.6) is 0 Å². The largest absolute Gasteiger partial charge is 0.316 e. The van der Waals surface area contributed by atoms with E-state index in [9.17, 15) is 0 Å². The molecule has 2 heteroatoms. The SMILES string of the molecule is CCCN(C)CC(C)C1CNC1. The van der Waals surface area contributed by atoms with Gasteiger partial charge in [-0.25, -0.2) is 0 Å². The Morgan fingerprint density at radius 3 is 2.58 bits per heavy atom. The molecule has 0 bridgehead atoms. The van der Waals surface area contributed by atoms with Gasteiger partial charge in [-0.15, -0.1) is 0 Å². The average Bonchev–Trinajstić information content (AvgIpc) is 1.82. The molecule has 0 saturated carbocycles. The highest BCUT2D eigenvalue weighted by Crippen LogP contribution is 2.16. The van der Waals surface area contributed by atoms with E-state index in [1.807, 2.05) is 0 Å². The molecule has 1 heterocycles. The first-order chi connectivity index (χ1) is 5.74. The van der Waals surface area contributed by atoms with Gasteiger partial charge in [-0.3, -0.25) is 0 Å². The van der Waals surface area contributed by atoms with Gasteiger partial charge in [0.15, 0.2) is 0 Å². The highest BCUT2D eigenvalue weighted by Gasteiger charge is 2.23. The third-order valence-electron chi connectivity index (χ3n) is 2.82. The molecule has 1 N–H and O–H groups in total. The summed E-state index contributed by atoms with van der Waals surface area (Å²) in [6, 6.07) is 0. The van der Waals surface area contributed by atoms with Gasteiger partial charge in [0.1, 0.15) is 0 Å². The van der Waals surface area contributed by atoms with Gasteiger partial charge in [0.25, 0.3) is 0 Å². The van der Waals surface area contributed by atoms with E-state index in [0.29, 0.717) is 0 Å². The van der Waals surface area contributed by atoms with Crippen molar-refractivity contribution >= 4 is 0 Å². The van der Waals surface area contributed by atoms with E-state index < -0.39 is 0 Å². The number of nitrogens with one attached hydrogen (secondary N) is 1. The van der Waals surface area contributed by atoms with Crippen LogP contribution in [0.25, 0.3) is 0 Å². The van der Waals surface area contributed by atoms with Gasteiger partial charge in [0.05, 0.1) is 0 Å². The lowest BCUT2D eigenvalue weighted by Crippen LogP contribution is -2.47. The van der Waals surface area contributed by atoms with Crippen LogP contribution in [0.1, 0.15) is 20.3 Å². The summed E-state index contributed by atoms with van der Waals surface area (Å²) in [7, 11) is 2.23. The first-order valence-electron chi connectivity index (χ1n) is 5.13. The minimum absolute atomic E-state index is 0.864. The monoisotopic (exact) mass is 170 g/mol. The Kier molecular flexibility index (Phi) is 4.02. The molecule has 1 rings (SSSR count). The molecule has 0 amide bonds. The molecule has 1 saturated heterocycles. The first-order valence-corrected chi connectivity index (χ1v) is 5.13. The van der Waals surface area contributed by atoms with Crippen molar-refractivity contribution in [3.05, 3.63) is 0 Å². The van der Waals surface area contributed by atoms with E-state index in [1.165, 1.54) is 32.6 Å². The normalized spacial score (nSPS) is 21.0. The second-order valence-electron chi connectivity index (χ2n) is 4.16. The fourth-order valence-corrected chi connectivity index (χ4v) is 1.83. The van der Waals surface area contributed by atoms with Crippen LogP contribution >= 0.6 is 0 Å². The quantitative estimate of drug-likeness (QED) is 0.666. The van der Waals surface area contributed by atoms with Crippen LogP contribution < -0.4 is 5.32 Å². The molecule has 1 aliphatic rings. The van der Waals surface area contributed by atoms with Crippen molar-refractivity contribution in [3.8, 4) is 0 Å². The van der Waals surface area contributed by atoms with E-state index in [-0.39, 0.29) is 0 Å².